The summed E-state index contributed by atoms with van der Waals surface area (Å²) >= 11 is 1.85. The summed E-state index contributed by atoms with van der Waals surface area (Å²) in [5.41, 5.74) is 3.01. The van der Waals surface area contributed by atoms with Gasteiger partial charge in [-0.15, -0.1) is 11.3 Å². The van der Waals surface area contributed by atoms with Gasteiger partial charge in [-0.2, -0.15) is 0 Å². The van der Waals surface area contributed by atoms with Crippen molar-refractivity contribution in [3.05, 3.63) is 22.4 Å². The minimum Gasteiger partial charge on any atom is -0.271 e. The van der Waals surface area contributed by atoms with E-state index in [9.17, 15) is 0 Å². The van der Waals surface area contributed by atoms with Gasteiger partial charge in [0.15, 0.2) is 0 Å². The second kappa shape index (κ2) is 5.64. The van der Waals surface area contributed by atoms with E-state index in [1.807, 2.05) is 11.3 Å². The van der Waals surface area contributed by atoms with Crippen LogP contribution in [-0.2, 0) is 6.42 Å². The molecular weight excluding hydrogens is 204 g/mol. The fourth-order valence-corrected chi connectivity index (χ4v) is 3.29. The molecule has 1 heterocycles. The first-order valence-electron chi connectivity index (χ1n) is 5.88. The maximum Gasteiger partial charge on any atom is 0.0242 e. The molecule has 15 heavy (non-hydrogen) atoms. The second-order valence-electron chi connectivity index (χ2n) is 4.44. The lowest BCUT2D eigenvalue weighted by molar-refractivity contribution is 0.345. The summed E-state index contributed by atoms with van der Waals surface area (Å²) in [5, 5.41) is 2.15. The number of thiophene rings is 1. The highest BCUT2D eigenvalue weighted by atomic mass is 32.1. The maximum atomic E-state index is 5.65. The van der Waals surface area contributed by atoms with E-state index in [1.54, 1.807) is 0 Å². The molecule has 0 amide bonds. The van der Waals surface area contributed by atoms with Gasteiger partial charge >= 0.3 is 0 Å². The SMILES string of the molecule is NNC(CCc1cccs1)C1CCCC1. The van der Waals surface area contributed by atoms with Crippen LogP contribution in [0.15, 0.2) is 17.5 Å². The van der Waals surface area contributed by atoms with Crippen molar-refractivity contribution in [3.63, 3.8) is 0 Å². The summed E-state index contributed by atoms with van der Waals surface area (Å²) < 4.78 is 0. The number of rotatable bonds is 5. The molecule has 0 aromatic carbocycles. The molecule has 1 saturated carbocycles. The lowest BCUT2D eigenvalue weighted by atomic mass is 9.94. The number of aryl methyl sites for hydroxylation is 1. The Morgan fingerprint density at radius 3 is 2.87 bits per heavy atom. The fraction of sp³-hybridized carbons (Fsp3) is 0.667. The first kappa shape index (κ1) is 11.1. The van der Waals surface area contributed by atoms with E-state index >= 15 is 0 Å². The topological polar surface area (TPSA) is 38.0 Å². The average Bonchev–Trinajstić information content (AvgIpc) is 2.90. The van der Waals surface area contributed by atoms with E-state index in [0.29, 0.717) is 6.04 Å². The van der Waals surface area contributed by atoms with Gasteiger partial charge in [0.2, 0.25) is 0 Å². The Hall–Kier alpha value is -0.380. The molecule has 1 atom stereocenters. The summed E-state index contributed by atoms with van der Waals surface area (Å²) in [6.07, 6.45) is 7.85. The highest BCUT2D eigenvalue weighted by Crippen LogP contribution is 2.29. The van der Waals surface area contributed by atoms with Crippen molar-refractivity contribution >= 4 is 11.3 Å². The van der Waals surface area contributed by atoms with Gasteiger partial charge in [0, 0.05) is 10.9 Å². The molecule has 3 heteroatoms. The van der Waals surface area contributed by atoms with Crippen LogP contribution in [0.25, 0.3) is 0 Å². The monoisotopic (exact) mass is 224 g/mol. The van der Waals surface area contributed by atoms with E-state index in [-0.39, 0.29) is 0 Å². The van der Waals surface area contributed by atoms with Crippen LogP contribution in [0.5, 0.6) is 0 Å². The number of hydrogen-bond donors (Lipinski definition) is 2. The molecule has 1 aromatic rings. The van der Waals surface area contributed by atoms with Gasteiger partial charge in [0.25, 0.3) is 0 Å². The number of nitrogens with two attached hydrogens (primary N) is 1. The van der Waals surface area contributed by atoms with E-state index in [2.05, 4.69) is 22.9 Å². The molecule has 2 nitrogen and oxygen atoms in total. The van der Waals surface area contributed by atoms with Gasteiger partial charge in [-0.05, 0) is 43.0 Å². The molecule has 1 aliphatic rings. The van der Waals surface area contributed by atoms with Crippen LogP contribution in [0.2, 0.25) is 0 Å². The van der Waals surface area contributed by atoms with Crippen molar-refractivity contribution in [1.82, 2.24) is 5.43 Å². The molecule has 1 aliphatic carbocycles. The molecule has 2 rings (SSSR count). The van der Waals surface area contributed by atoms with Gasteiger partial charge < -0.3 is 0 Å². The molecule has 1 fully saturated rings. The Labute approximate surface area is 95.8 Å². The first-order valence-corrected chi connectivity index (χ1v) is 6.76. The van der Waals surface area contributed by atoms with Crippen molar-refractivity contribution in [1.29, 1.82) is 0 Å². The smallest absolute Gasteiger partial charge is 0.0242 e. The molecule has 0 bridgehead atoms. The summed E-state index contributed by atoms with van der Waals surface area (Å²) in [5.74, 6) is 6.46. The maximum absolute atomic E-state index is 5.65. The van der Waals surface area contributed by atoms with Crippen LogP contribution < -0.4 is 11.3 Å². The van der Waals surface area contributed by atoms with E-state index in [0.717, 1.165) is 5.92 Å². The third-order valence-corrected chi connectivity index (χ3v) is 4.40. The van der Waals surface area contributed by atoms with Gasteiger partial charge in [-0.3, -0.25) is 11.3 Å². The Morgan fingerprint density at radius 1 is 1.47 bits per heavy atom. The van der Waals surface area contributed by atoms with Gasteiger partial charge in [-0.1, -0.05) is 18.9 Å². The van der Waals surface area contributed by atoms with Gasteiger partial charge in [-0.25, -0.2) is 0 Å². The highest BCUT2D eigenvalue weighted by Gasteiger charge is 2.23. The molecule has 3 N–H and O–H groups in total. The third kappa shape index (κ3) is 3.03. The fourth-order valence-electron chi connectivity index (χ4n) is 2.57. The number of hydrogen-bond acceptors (Lipinski definition) is 3. The number of hydrazine groups is 1. The van der Waals surface area contributed by atoms with Crippen LogP contribution in [0.1, 0.15) is 37.0 Å². The lowest BCUT2D eigenvalue weighted by Crippen LogP contribution is -2.40. The summed E-state index contributed by atoms with van der Waals surface area (Å²) in [6, 6.07) is 4.86. The van der Waals surface area contributed by atoms with Gasteiger partial charge in [0.05, 0.1) is 0 Å². The van der Waals surface area contributed by atoms with Crippen LogP contribution in [0.3, 0.4) is 0 Å². The summed E-state index contributed by atoms with van der Waals surface area (Å²) in [6.45, 7) is 0. The lowest BCUT2D eigenvalue weighted by Gasteiger charge is -2.22. The van der Waals surface area contributed by atoms with E-state index in [1.165, 1.54) is 43.4 Å². The number of nitrogens with one attached hydrogen (secondary N) is 1. The quantitative estimate of drug-likeness (QED) is 0.596. The Balaban J connectivity index is 1.80. The van der Waals surface area contributed by atoms with Crippen LogP contribution in [0, 0.1) is 5.92 Å². The zero-order valence-corrected chi connectivity index (χ0v) is 9.93. The Kier molecular flexibility index (Phi) is 4.18. The molecule has 0 aliphatic heterocycles. The molecule has 0 spiro atoms. The van der Waals surface area contributed by atoms with E-state index < -0.39 is 0 Å². The van der Waals surface area contributed by atoms with Crippen molar-refractivity contribution in [2.45, 2.75) is 44.6 Å². The molecular formula is C12H20N2S. The third-order valence-electron chi connectivity index (χ3n) is 3.46. The predicted octanol–water partition coefficient (Wildman–Crippen LogP) is 2.70. The highest BCUT2D eigenvalue weighted by molar-refractivity contribution is 7.09. The molecule has 84 valence electrons. The zero-order valence-electron chi connectivity index (χ0n) is 9.11. The zero-order chi connectivity index (χ0) is 10.5. The van der Waals surface area contributed by atoms with Gasteiger partial charge in [0.1, 0.15) is 0 Å². The molecule has 1 aromatic heterocycles. The minimum absolute atomic E-state index is 0.523. The summed E-state index contributed by atoms with van der Waals surface area (Å²) in [4.78, 5) is 1.48. The van der Waals surface area contributed by atoms with Crippen LogP contribution in [-0.4, -0.2) is 6.04 Å². The normalized spacial score (nSPS) is 19.5. The predicted molar refractivity (Wildman–Crippen MR) is 65.7 cm³/mol. The van der Waals surface area contributed by atoms with E-state index in [4.69, 9.17) is 5.84 Å². The standard InChI is InChI=1S/C12H20N2S/c13-14-12(10-4-1-2-5-10)8-7-11-6-3-9-15-11/h3,6,9-10,12,14H,1-2,4-5,7-8,13H2. The van der Waals surface area contributed by atoms with Crippen LogP contribution >= 0.6 is 11.3 Å². The Bertz CT molecular complexity index is 265. The molecule has 0 saturated heterocycles. The Morgan fingerprint density at radius 2 is 2.27 bits per heavy atom. The van der Waals surface area contributed by atoms with Crippen molar-refractivity contribution < 1.29 is 0 Å². The average molecular weight is 224 g/mol. The largest absolute Gasteiger partial charge is 0.271 e. The van der Waals surface area contributed by atoms with Crippen LogP contribution in [0.4, 0.5) is 0 Å². The summed E-state index contributed by atoms with van der Waals surface area (Å²) in [7, 11) is 0. The minimum atomic E-state index is 0.523. The first-order chi connectivity index (χ1) is 7.40. The second-order valence-corrected chi connectivity index (χ2v) is 5.47. The van der Waals surface area contributed by atoms with Crippen molar-refractivity contribution in [2.75, 3.05) is 0 Å². The molecule has 0 radical (unpaired) electrons. The van der Waals surface area contributed by atoms with Crippen molar-refractivity contribution in [2.24, 2.45) is 11.8 Å². The van der Waals surface area contributed by atoms with Crippen molar-refractivity contribution in [3.8, 4) is 0 Å². The molecule has 1 unspecified atom stereocenters.